The van der Waals surface area contributed by atoms with Gasteiger partial charge in [-0.3, -0.25) is 4.79 Å². The van der Waals surface area contributed by atoms with Gasteiger partial charge in [0.05, 0.1) is 23.5 Å². The summed E-state index contributed by atoms with van der Waals surface area (Å²) in [4.78, 5) is 12.7. The van der Waals surface area contributed by atoms with E-state index in [1.54, 1.807) is 13.2 Å². The molecule has 116 valence electrons. The van der Waals surface area contributed by atoms with Gasteiger partial charge in [0.1, 0.15) is 11.5 Å². The fourth-order valence-electron chi connectivity index (χ4n) is 1.45. The second-order valence-corrected chi connectivity index (χ2v) is 6.65. The molecule has 8 heteroatoms. The summed E-state index contributed by atoms with van der Waals surface area (Å²) in [6, 6.07) is 9.25. The Morgan fingerprint density at radius 1 is 1.41 bits per heavy atom. The van der Waals surface area contributed by atoms with Crippen LogP contribution in [0.1, 0.15) is 5.76 Å². The summed E-state index contributed by atoms with van der Waals surface area (Å²) in [6.07, 6.45) is 1.44. The number of hydrazone groups is 1. The van der Waals surface area contributed by atoms with Crippen LogP contribution in [-0.4, -0.2) is 25.0 Å². The molecule has 0 fully saturated rings. The van der Waals surface area contributed by atoms with Crippen molar-refractivity contribution in [3.8, 4) is 5.75 Å². The van der Waals surface area contributed by atoms with Crippen molar-refractivity contribution in [3.05, 3.63) is 45.2 Å². The van der Waals surface area contributed by atoms with Gasteiger partial charge < -0.3 is 9.15 Å². The fraction of sp³-hybridized carbons (Fsp3) is 0.143. The van der Waals surface area contributed by atoms with Crippen LogP contribution in [0, 0.1) is 0 Å². The van der Waals surface area contributed by atoms with Gasteiger partial charge in [-0.15, -0.1) is 11.8 Å². The van der Waals surface area contributed by atoms with Crippen LogP contribution in [-0.2, 0) is 4.79 Å². The minimum absolute atomic E-state index is 0.193. The third-order valence-corrected chi connectivity index (χ3v) is 5.20. The number of carbonyl (C=O) groups is 1. The van der Waals surface area contributed by atoms with E-state index in [2.05, 4.69) is 42.4 Å². The standard InChI is InChI=1S/C14H12Br2N2O3S/c1-20-9-2-4-11(5-3-9)22-8-13(19)18-17-7-10-6-12(15)14(16)21-10/h2-7H,8H2,1H3,(H,18,19)/b17-7+. The number of thioether (sulfide) groups is 1. The number of methoxy groups -OCH3 is 1. The zero-order valence-corrected chi connectivity index (χ0v) is 15.5. The summed E-state index contributed by atoms with van der Waals surface area (Å²) in [5, 5.41) is 3.84. The molecule has 0 aliphatic heterocycles. The monoisotopic (exact) mass is 446 g/mol. The first-order chi connectivity index (χ1) is 10.6. The molecular formula is C14H12Br2N2O3S. The molecule has 1 amide bonds. The molecular weight excluding hydrogens is 436 g/mol. The molecule has 1 aromatic heterocycles. The molecule has 0 spiro atoms. The maximum Gasteiger partial charge on any atom is 0.250 e. The largest absolute Gasteiger partial charge is 0.497 e. The zero-order chi connectivity index (χ0) is 15.9. The predicted molar refractivity (Wildman–Crippen MR) is 93.6 cm³/mol. The highest BCUT2D eigenvalue weighted by Gasteiger charge is 2.04. The summed E-state index contributed by atoms with van der Waals surface area (Å²) in [7, 11) is 1.61. The number of rotatable bonds is 6. The highest BCUT2D eigenvalue weighted by molar-refractivity contribution is 9.13. The smallest absolute Gasteiger partial charge is 0.250 e. The van der Waals surface area contributed by atoms with E-state index in [-0.39, 0.29) is 11.7 Å². The van der Waals surface area contributed by atoms with Gasteiger partial charge in [0.25, 0.3) is 0 Å². The van der Waals surface area contributed by atoms with Crippen molar-refractivity contribution in [1.29, 1.82) is 0 Å². The van der Waals surface area contributed by atoms with E-state index in [4.69, 9.17) is 9.15 Å². The first-order valence-corrected chi connectivity index (χ1v) is 8.69. The highest BCUT2D eigenvalue weighted by Crippen LogP contribution is 2.25. The summed E-state index contributed by atoms with van der Waals surface area (Å²) in [6.45, 7) is 0. The summed E-state index contributed by atoms with van der Waals surface area (Å²) >= 11 is 7.94. The average molecular weight is 448 g/mol. The second kappa shape index (κ2) is 8.40. The van der Waals surface area contributed by atoms with Gasteiger partial charge in [0, 0.05) is 11.0 Å². The molecule has 1 N–H and O–H groups in total. The van der Waals surface area contributed by atoms with Crippen LogP contribution in [0.15, 0.2) is 53.9 Å². The van der Waals surface area contributed by atoms with Crippen molar-refractivity contribution < 1.29 is 13.9 Å². The Morgan fingerprint density at radius 2 is 2.14 bits per heavy atom. The Hall–Kier alpha value is -1.25. The number of hydrogen-bond donors (Lipinski definition) is 1. The maximum atomic E-state index is 11.7. The van der Waals surface area contributed by atoms with Crippen molar-refractivity contribution >= 4 is 55.7 Å². The first-order valence-electron chi connectivity index (χ1n) is 6.12. The van der Waals surface area contributed by atoms with Crippen LogP contribution in [0.25, 0.3) is 0 Å². The number of benzene rings is 1. The number of nitrogens with zero attached hydrogens (tertiary/aromatic N) is 1. The van der Waals surface area contributed by atoms with E-state index in [0.717, 1.165) is 15.1 Å². The highest BCUT2D eigenvalue weighted by atomic mass is 79.9. The van der Waals surface area contributed by atoms with Crippen molar-refractivity contribution in [1.82, 2.24) is 5.43 Å². The van der Waals surface area contributed by atoms with E-state index in [1.807, 2.05) is 24.3 Å². The number of ether oxygens (including phenoxy) is 1. The zero-order valence-electron chi connectivity index (χ0n) is 11.5. The van der Waals surface area contributed by atoms with Gasteiger partial charge in [-0.25, -0.2) is 5.43 Å². The van der Waals surface area contributed by atoms with Gasteiger partial charge in [-0.2, -0.15) is 5.10 Å². The number of nitrogens with one attached hydrogen (secondary N) is 1. The van der Waals surface area contributed by atoms with Crippen LogP contribution >= 0.6 is 43.6 Å². The molecule has 2 rings (SSSR count). The molecule has 0 radical (unpaired) electrons. The lowest BCUT2D eigenvalue weighted by Gasteiger charge is -2.02. The third kappa shape index (κ3) is 5.19. The predicted octanol–water partition coefficient (Wildman–Crippen LogP) is 4.06. The molecule has 0 atom stereocenters. The topological polar surface area (TPSA) is 63.8 Å². The van der Waals surface area contributed by atoms with Crippen molar-refractivity contribution in [2.75, 3.05) is 12.9 Å². The maximum absolute atomic E-state index is 11.7. The van der Waals surface area contributed by atoms with Crippen molar-refractivity contribution in [2.45, 2.75) is 4.90 Å². The number of halogens is 2. The minimum atomic E-state index is -0.193. The number of hydrogen-bond acceptors (Lipinski definition) is 5. The summed E-state index contributed by atoms with van der Waals surface area (Å²) < 4.78 is 11.7. The summed E-state index contributed by atoms with van der Waals surface area (Å²) in [5.41, 5.74) is 2.45. The molecule has 22 heavy (non-hydrogen) atoms. The van der Waals surface area contributed by atoms with Gasteiger partial charge in [0.15, 0.2) is 4.67 Å². The van der Waals surface area contributed by atoms with Crippen LogP contribution in [0.4, 0.5) is 0 Å². The van der Waals surface area contributed by atoms with Gasteiger partial charge >= 0.3 is 0 Å². The van der Waals surface area contributed by atoms with E-state index < -0.39 is 0 Å². The Balaban J connectivity index is 1.77. The molecule has 0 aliphatic rings. The summed E-state index contributed by atoms with van der Waals surface area (Å²) in [5.74, 6) is 1.40. The van der Waals surface area contributed by atoms with Gasteiger partial charge in [-0.05, 0) is 56.1 Å². The van der Waals surface area contributed by atoms with Crippen LogP contribution in [0.3, 0.4) is 0 Å². The second-order valence-electron chi connectivity index (χ2n) is 4.03. The molecule has 1 aromatic carbocycles. The Morgan fingerprint density at radius 3 is 2.73 bits per heavy atom. The van der Waals surface area contributed by atoms with Crippen molar-refractivity contribution in [3.63, 3.8) is 0 Å². The Labute approximate surface area is 148 Å². The molecule has 5 nitrogen and oxygen atoms in total. The number of amides is 1. The molecule has 2 aromatic rings. The average Bonchev–Trinajstić information content (AvgIpc) is 2.84. The third-order valence-electron chi connectivity index (χ3n) is 2.47. The SMILES string of the molecule is COc1ccc(SCC(=O)N/N=C/c2cc(Br)c(Br)o2)cc1. The molecule has 0 bridgehead atoms. The van der Waals surface area contributed by atoms with Crippen molar-refractivity contribution in [2.24, 2.45) is 5.10 Å². The minimum Gasteiger partial charge on any atom is -0.497 e. The molecule has 1 heterocycles. The molecule has 0 aliphatic carbocycles. The van der Waals surface area contributed by atoms with E-state index >= 15 is 0 Å². The van der Waals surface area contributed by atoms with Crippen LogP contribution in [0.2, 0.25) is 0 Å². The van der Waals surface area contributed by atoms with E-state index in [0.29, 0.717) is 10.4 Å². The Kier molecular flexibility index (Phi) is 6.53. The molecule has 0 saturated carbocycles. The first kappa shape index (κ1) is 17.1. The van der Waals surface area contributed by atoms with Crippen LogP contribution in [0.5, 0.6) is 5.75 Å². The lowest BCUT2D eigenvalue weighted by Crippen LogP contribution is -2.19. The lowest BCUT2D eigenvalue weighted by atomic mass is 10.3. The van der Waals surface area contributed by atoms with Gasteiger partial charge in [-0.1, -0.05) is 0 Å². The van der Waals surface area contributed by atoms with E-state index in [1.165, 1.54) is 18.0 Å². The van der Waals surface area contributed by atoms with Gasteiger partial charge in [0.2, 0.25) is 5.91 Å². The molecule has 0 unspecified atom stereocenters. The molecule has 0 saturated heterocycles. The lowest BCUT2D eigenvalue weighted by molar-refractivity contribution is -0.118. The van der Waals surface area contributed by atoms with E-state index in [9.17, 15) is 4.79 Å². The Bertz CT molecular complexity index is 652. The normalized spacial score (nSPS) is 10.9. The number of furan rings is 1. The fourth-order valence-corrected chi connectivity index (χ4v) is 2.75. The quantitative estimate of drug-likeness (QED) is 0.412. The van der Waals surface area contributed by atoms with Crippen LogP contribution < -0.4 is 10.2 Å². The number of carbonyl (C=O) groups excluding carboxylic acids is 1.